The Bertz CT molecular complexity index is 1210. The lowest BCUT2D eigenvalue weighted by atomic mass is 10.1. The number of hydrogen-bond donors (Lipinski definition) is 1. The van der Waals surface area contributed by atoms with E-state index in [1.54, 1.807) is 18.4 Å². The number of nitrogens with one attached hydrogen (secondary N) is 1. The van der Waals surface area contributed by atoms with Gasteiger partial charge in [-0.25, -0.2) is 9.97 Å². The van der Waals surface area contributed by atoms with Crippen molar-refractivity contribution in [3.05, 3.63) is 57.5 Å². The zero-order valence-electron chi connectivity index (χ0n) is 18.8. The predicted octanol–water partition coefficient (Wildman–Crippen LogP) is 6.53. The van der Waals surface area contributed by atoms with Crippen molar-refractivity contribution in [2.24, 2.45) is 0 Å². The Morgan fingerprint density at radius 2 is 1.97 bits per heavy atom. The fourth-order valence-electron chi connectivity index (χ4n) is 4.00. The van der Waals surface area contributed by atoms with Crippen LogP contribution >= 0.6 is 22.9 Å². The van der Waals surface area contributed by atoms with E-state index >= 15 is 0 Å². The van der Waals surface area contributed by atoms with Gasteiger partial charge in [0.2, 0.25) is 0 Å². The molecule has 0 unspecified atom stereocenters. The largest absolute Gasteiger partial charge is 0.497 e. The first-order chi connectivity index (χ1) is 15.6. The average Bonchev–Trinajstić information content (AvgIpc) is 3.19. The summed E-state index contributed by atoms with van der Waals surface area (Å²) in [6.45, 7) is 8.30. The molecule has 2 aromatic carbocycles. The van der Waals surface area contributed by atoms with Gasteiger partial charge in [-0.2, -0.15) is 0 Å². The van der Waals surface area contributed by atoms with E-state index in [-0.39, 0.29) is 0 Å². The number of pyridine rings is 1. The molecule has 0 amide bonds. The Morgan fingerprint density at radius 1 is 1.09 bits per heavy atom. The van der Waals surface area contributed by atoms with Crippen LogP contribution in [0.5, 0.6) is 5.75 Å². The quantitative estimate of drug-likeness (QED) is 0.212. The molecule has 4 aromatic rings. The lowest BCUT2D eigenvalue weighted by Crippen LogP contribution is -2.26. The summed E-state index contributed by atoms with van der Waals surface area (Å²) in [5.41, 5.74) is 6.00. The van der Waals surface area contributed by atoms with E-state index in [0.29, 0.717) is 5.02 Å². The maximum Gasteiger partial charge on any atom is 0.119 e. The number of nitrogens with zero attached hydrogens (tertiary/aromatic N) is 3. The molecule has 0 fully saturated rings. The van der Waals surface area contributed by atoms with Crippen LogP contribution in [-0.2, 0) is 6.54 Å². The van der Waals surface area contributed by atoms with Crippen molar-refractivity contribution in [2.75, 3.05) is 32.1 Å². The molecule has 7 heteroatoms. The summed E-state index contributed by atoms with van der Waals surface area (Å²) < 4.78 is 5.46. The fraction of sp³-hybridized carbons (Fsp3) is 0.360. The third kappa shape index (κ3) is 5.14. The highest BCUT2D eigenvalue weighted by molar-refractivity contribution is 7.09. The van der Waals surface area contributed by atoms with Crippen LogP contribution in [-0.4, -0.2) is 41.6 Å². The molecule has 0 aliphatic rings. The molecule has 0 aliphatic carbocycles. The van der Waals surface area contributed by atoms with Gasteiger partial charge in [-0.15, -0.1) is 11.3 Å². The van der Waals surface area contributed by atoms with E-state index in [1.807, 2.05) is 35.8 Å². The lowest BCUT2D eigenvalue weighted by Gasteiger charge is -2.22. The Kier molecular flexibility index (Phi) is 7.45. The molecule has 5 nitrogen and oxygen atoms in total. The van der Waals surface area contributed by atoms with Gasteiger partial charge in [-0.3, -0.25) is 4.90 Å². The van der Waals surface area contributed by atoms with Crippen LogP contribution in [0.1, 0.15) is 30.3 Å². The number of ether oxygens (including phenoxy) is 1. The molecule has 0 aliphatic heterocycles. The Hall–Kier alpha value is -2.41. The van der Waals surface area contributed by atoms with Crippen LogP contribution in [0.25, 0.3) is 21.8 Å². The topological polar surface area (TPSA) is 50.3 Å². The fourth-order valence-corrected chi connectivity index (χ4v) is 4.98. The Morgan fingerprint density at radius 3 is 2.72 bits per heavy atom. The highest BCUT2D eigenvalue weighted by Crippen LogP contribution is 2.34. The van der Waals surface area contributed by atoms with Crippen LogP contribution < -0.4 is 10.1 Å². The molecule has 32 heavy (non-hydrogen) atoms. The first-order valence-corrected chi connectivity index (χ1v) is 12.3. The van der Waals surface area contributed by atoms with Crippen molar-refractivity contribution in [3.8, 4) is 5.75 Å². The molecule has 0 bridgehead atoms. The van der Waals surface area contributed by atoms with Crippen molar-refractivity contribution >= 4 is 50.4 Å². The highest BCUT2D eigenvalue weighted by atomic mass is 35.5. The summed E-state index contributed by atoms with van der Waals surface area (Å²) in [5.74, 6) is 0.824. The van der Waals surface area contributed by atoms with Gasteiger partial charge in [0.1, 0.15) is 5.75 Å². The second-order valence-corrected chi connectivity index (χ2v) is 9.32. The van der Waals surface area contributed by atoms with Gasteiger partial charge in [0.05, 0.1) is 35.0 Å². The second kappa shape index (κ2) is 10.5. The van der Waals surface area contributed by atoms with E-state index in [0.717, 1.165) is 78.0 Å². The van der Waals surface area contributed by atoms with E-state index in [2.05, 4.69) is 35.1 Å². The van der Waals surface area contributed by atoms with Crippen LogP contribution in [0.3, 0.4) is 0 Å². The van der Waals surface area contributed by atoms with E-state index < -0.39 is 0 Å². The second-order valence-electron chi connectivity index (χ2n) is 7.95. The zero-order chi connectivity index (χ0) is 22.5. The van der Waals surface area contributed by atoms with Gasteiger partial charge >= 0.3 is 0 Å². The summed E-state index contributed by atoms with van der Waals surface area (Å²) in [4.78, 5) is 13.1. The summed E-state index contributed by atoms with van der Waals surface area (Å²) in [7, 11) is 1.69. The monoisotopic (exact) mass is 468 g/mol. The molecule has 1 N–H and O–H groups in total. The number of aromatic nitrogens is 2. The van der Waals surface area contributed by atoms with Gasteiger partial charge in [0.15, 0.2) is 0 Å². The van der Waals surface area contributed by atoms with Crippen molar-refractivity contribution in [2.45, 2.75) is 33.2 Å². The smallest absolute Gasteiger partial charge is 0.119 e. The number of hydrogen-bond acceptors (Lipinski definition) is 6. The Balaban J connectivity index is 1.52. The summed E-state index contributed by atoms with van der Waals surface area (Å²) in [5, 5.41) is 6.52. The number of aryl methyl sites for hydroxylation is 1. The van der Waals surface area contributed by atoms with Gasteiger partial charge in [-0.05, 0) is 62.7 Å². The normalized spacial score (nSPS) is 11.5. The molecule has 0 spiro atoms. The molecule has 2 heterocycles. The number of anilines is 1. The SMILES string of the molecule is CCCN(CCCNc1c2ccc(Cl)cc2nc2ccc(OC)cc12)Cc1scnc1C. The summed E-state index contributed by atoms with van der Waals surface area (Å²) in [6, 6.07) is 11.9. The molecular weight excluding hydrogens is 440 g/mol. The Labute approximate surface area is 198 Å². The lowest BCUT2D eigenvalue weighted by molar-refractivity contribution is 0.267. The maximum atomic E-state index is 6.24. The van der Waals surface area contributed by atoms with Crippen LogP contribution in [0.4, 0.5) is 5.69 Å². The van der Waals surface area contributed by atoms with Crippen LogP contribution in [0.15, 0.2) is 41.9 Å². The molecule has 0 radical (unpaired) electrons. The minimum atomic E-state index is 0.692. The van der Waals surface area contributed by atoms with Crippen LogP contribution in [0.2, 0.25) is 5.02 Å². The third-order valence-electron chi connectivity index (χ3n) is 5.65. The van der Waals surface area contributed by atoms with E-state index in [9.17, 15) is 0 Å². The minimum absolute atomic E-state index is 0.692. The van der Waals surface area contributed by atoms with Crippen molar-refractivity contribution in [1.82, 2.24) is 14.9 Å². The first-order valence-electron chi connectivity index (χ1n) is 11.0. The number of fused-ring (bicyclic) bond motifs is 2. The van der Waals surface area contributed by atoms with E-state index in [4.69, 9.17) is 21.3 Å². The van der Waals surface area contributed by atoms with Crippen molar-refractivity contribution in [1.29, 1.82) is 0 Å². The molecule has 168 valence electrons. The van der Waals surface area contributed by atoms with Gasteiger partial charge in [-0.1, -0.05) is 18.5 Å². The molecule has 0 atom stereocenters. The van der Waals surface area contributed by atoms with Gasteiger partial charge in [0, 0.05) is 40.3 Å². The van der Waals surface area contributed by atoms with Crippen molar-refractivity contribution < 1.29 is 4.74 Å². The number of thiazole rings is 1. The highest BCUT2D eigenvalue weighted by Gasteiger charge is 2.12. The third-order valence-corrected chi connectivity index (χ3v) is 6.80. The number of rotatable bonds is 10. The molecule has 2 aromatic heterocycles. The molecule has 0 saturated heterocycles. The molecule has 0 saturated carbocycles. The molecular formula is C25H29ClN4OS. The summed E-state index contributed by atoms with van der Waals surface area (Å²) >= 11 is 7.99. The van der Waals surface area contributed by atoms with Crippen LogP contribution in [0, 0.1) is 6.92 Å². The number of halogens is 1. The summed E-state index contributed by atoms with van der Waals surface area (Å²) in [6.07, 6.45) is 2.19. The van der Waals surface area contributed by atoms with Gasteiger partial charge < -0.3 is 10.1 Å². The first kappa shape index (κ1) is 22.8. The predicted molar refractivity (Wildman–Crippen MR) is 136 cm³/mol. The maximum absolute atomic E-state index is 6.24. The van der Waals surface area contributed by atoms with Crippen molar-refractivity contribution in [3.63, 3.8) is 0 Å². The zero-order valence-corrected chi connectivity index (χ0v) is 20.4. The van der Waals surface area contributed by atoms with E-state index in [1.165, 1.54) is 4.88 Å². The average molecular weight is 469 g/mol. The van der Waals surface area contributed by atoms with Gasteiger partial charge in [0.25, 0.3) is 0 Å². The minimum Gasteiger partial charge on any atom is -0.497 e. The standard InChI is InChI=1S/C25H29ClN4OS/c1-4-11-30(15-24-17(2)28-16-32-24)12-5-10-27-25-20-8-6-18(26)13-23(20)29-22-9-7-19(31-3)14-21(22)25/h6-9,13-14,16H,4-5,10-12,15H2,1-3H3,(H,27,29). The molecule has 4 rings (SSSR count). The number of benzene rings is 2. The number of methoxy groups -OCH3 is 1.